The van der Waals surface area contributed by atoms with Crippen molar-refractivity contribution < 1.29 is 9.53 Å². The van der Waals surface area contributed by atoms with E-state index in [-0.39, 0.29) is 5.97 Å². The average molecular weight is 264 g/mol. The second-order valence-electron chi connectivity index (χ2n) is 3.77. The SMILES string of the molecule is CCNC(=NCc1ccccn1)NCCC(=O)OC. The lowest BCUT2D eigenvalue weighted by Crippen LogP contribution is -2.38. The first-order valence-corrected chi connectivity index (χ1v) is 6.25. The highest BCUT2D eigenvalue weighted by Crippen LogP contribution is 1.95. The van der Waals surface area contributed by atoms with E-state index in [4.69, 9.17) is 0 Å². The Morgan fingerprint density at radius 2 is 2.26 bits per heavy atom. The van der Waals surface area contributed by atoms with Gasteiger partial charge >= 0.3 is 5.97 Å². The fraction of sp³-hybridized carbons (Fsp3) is 0.462. The molecule has 0 bridgehead atoms. The molecular weight excluding hydrogens is 244 g/mol. The molecule has 19 heavy (non-hydrogen) atoms. The molecule has 0 saturated carbocycles. The van der Waals surface area contributed by atoms with E-state index in [0.717, 1.165) is 12.2 Å². The fourth-order valence-corrected chi connectivity index (χ4v) is 1.38. The molecule has 6 heteroatoms. The third-order valence-corrected chi connectivity index (χ3v) is 2.32. The van der Waals surface area contributed by atoms with Crippen molar-refractivity contribution >= 4 is 11.9 Å². The molecule has 1 rings (SSSR count). The van der Waals surface area contributed by atoms with Crippen molar-refractivity contribution in [2.45, 2.75) is 19.9 Å². The highest BCUT2D eigenvalue weighted by molar-refractivity contribution is 5.80. The third-order valence-electron chi connectivity index (χ3n) is 2.32. The fourth-order valence-electron chi connectivity index (χ4n) is 1.38. The highest BCUT2D eigenvalue weighted by atomic mass is 16.5. The van der Waals surface area contributed by atoms with Crippen LogP contribution in [0.3, 0.4) is 0 Å². The number of aliphatic imine (C=N–C) groups is 1. The van der Waals surface area contributed by atoms with Crippen molar-refractivity contribution in [2.24, 2.45) is 4.99 Å². The normalized spacial score (nSPS) is 10.9. The van der Waals surface area contributed by atoms with Crippen molar-refractivity contribution in [3.8, 4) is 0 Å². The summed E-state index contributed by atoms with van der Waals surface area (Å²) in [6.07, 6.45) is 2.05. The molecule has 0 aliphatic heterocycles. The summed E-state index contributed by atoms with van der Waals surface area (Å²) in [5, 5.41) is 6.17. The van der Waals surface area contributed by atoms with Gasteiger partial charge in [0.25, 0.3) is 0 Å². The van der Waals surface area contributed by atoms with Crippen LogP contribution in [-0.4, -0.2) is 37.1 Å². The van der Waals surface area contributed by atoms with Gasteiger partial charge in [0.15, 0.2) is 5.96 Å². The number of aromatic nitrogens is 1. The van der Waals surface area contributed by atoms with E-state index in [1.165, 1.54) is 7.11 Å². The highest BCUT2D eigenvalue weighted by Gasteiger charge is 2.01. The number of hydrogen-bond donors (Lipinski definition) is 2. The second kappa shape index (κ2) is 8.91. The van der Waals surface area contributed by atoms with Gasteiger partial charge in [0.2, 0.25) is 0 Å². The third kappa shape index (κ3) is 6.40. The monoisotopic (exact) mass is 264 g/mol. The number of pyridine rings is 1. The Morgan fingerprint density at radius 1 is 1.42 bits per heavy atom. The van der Waals surface area contributed by atoms with Crippen LogP contribution in [0.4, 0.5) is 0 Å². The molecule has 0 fully saturated rings. The Morgan fingerprint density at radius 3 is 2.89 bits per heavy atom. The zero-order valence-electron chi connectivity index (χ0n) is 11.3. The van der Waals surface area contributed by atoms with E-state index < -0.39 is 0 Å². The summed E-state index contributed by atoms with van der Waals surface area (Å²) in [4.78, 5) is 19.6. The molecule has 0 unspecified atom stereocenters. The Labute approximate surface area is 113 Å². The molecule has 0 aromatic carbocycles. The quantitative estimate of drug-likeness (QED) is 0.449. The molecule has 2 N–H and O–H groups in total. The van der Waals surface area contributed by atoms with Crippen LogP contribution in [0.5, 0.6) is 0 Å². The second-order valence-corrected chi connectivity index (χ2v) is 3.77. The summed E-state index contributed by atoms with van der Waals surface area (Å²) in [5.41, 5.74) is 0.896. The molecule has 1 heterocycles. The summed E-state index contributed by atoms with van der Waals surface area (Å²) >= 11 is 0. The molecule has 0 atom stereocenters. The van der Waals surface area contributed by atoms with E-state index in [1.807, 2.05) is 25.1 Å². The van der Waals surface area contributed by atoms with Gasteiger partial charge in [-0.25, -0.2) is 4.99 Å². The standard InChI is InChI=1S/C13H20N4O2/c1-3-14-13(16-9-7-12(18)19-2)17-10-11-6-4-5-8-15-11/h4-6,8H,3,7,9-10H2,1-2H3,(H2,14,16,17). The number of methoxy groups -OCH3 is 1. The van der Waals surface area contributed by atoms with E-state index in [9.17, 15) is 4.79 Å². The van der Waals surface area contributed by atoms with E-state index in [0.29, 0.717) is 25.5 Å². The summed E-state index contributed by atoms with van der Waals surface area (Å²) in [6, 6.07) is 5.71. The predicted molar refractivity (Wildman–Crippen MR) is 73.7 cm³/mol. The van der Waals surface area contributed by atoms with Crippen LogP contribution < -0.4 is 10.6 Å². The van der Waals surface area contributed by atoms with Crippen LogP contribution in [0.15, 0.2) is 29.4 Å². The Kier molecular flexibility index (Phi) is 7.01. The molecule has 0 saturated heterocycles. The zero-order chi connectivity index (χ0) is 13.9. The van der Waals surface area contributed by atoms with Crippen molar-refractivity contribution in [3.63, 3.8) is 0 Å². The maximum atomic E-state index is 11.0. The minimum atomic E-state index is -0.243. The lowest BCUT2D eigenvalue weighted by atomic mass is 10.3. The van der Waals surface area contributed by atoms with Crippen molar-refractivity contribution in [1.29, 1.82) is 0 Å². The first-order valence-electron chi connectivity index (χ1n) is 6.25. The summed E-state index contributed by atoms with van der Waals surface area (Å²) in [7, 11) is 1.38. The predicted octanol–water partition coefficient (Wildman–Crippen LogP) is 0.700. The number of hydrogen-bond acceptors (Lipinski definition) is 4. The number of carbonyl (C=O) groups excluding carboxylic acids is 1. The molecule has 0 aliphatic carbocycles. The zero-order valence-corrected chi connectivity index (χ0v) is 11.3. The first-order chi connectivity index (χ1) is 9.26. The number of nitrogens with zero attached hydrogens (tertiary/aromatic N) is 2. The number of carbonyl (C=O) groups is 1. The molecule has 0 spiro atoms. The molecule has 0 amide bonds. The summed E-state index contributed by atoms with van der Waals surface area (Å²) in [5.74, 6) is 0.421. The van der Waals surface area contributed by atoms with E-state index >= 15 is 0 Å². The maximum Gasteiger partial charge on any atom is 0.307 e. The minimum absolute atomic E-state index is 0.243. The van der Waals surface area contributed by atoms with Crippen molar-refractivity contribution in [1.82, 2.24) is 15.6 Å². The molecule has 1 aromatic rings. The van der Waals surface area contributed by atoms with Crippen LogP contribution in [-0.2, 0) is 16.1 Å². The van der Waals surface area contributed by atoms with Gasteiger partial charge in [-0.1, -0.05) is 6.07 Å². The summed E-state index contributed by atoms with van der Waals surface area (Å²) < 4.78 is 4.57. The average Bonchev–Trinajstić information content (AvgIpc) is 2.45. The molecular formula is C13H20N4O2. The lowest BCUT2D eigenvalue weighted by Gasteiger charge is -2.10. The number of guanidine groups is 1. The topological polar surface area (TPSA) is 75.6 Å². The lowest BCUT2D eigenvalue weighted by molar-refractivity contribution is -0.140. The van der Waals surface area contributed by atoms with Crippen LogP contribution in [0.25, 0.3) is 0 Å². The van der Waals surface area contributed by atoms with Crippen molar-refractivity contribution in [3.05, 3.63) is 30.1 Å². The Hall–Kier alpha value is -2.11. The number of esters is 1. The molecule has 0 radical (unpaired) electrons. The van der Waals surface area contributed by atoms with Gasteiger partial charge in [0.05, 0.1) is 25.8 Å². The van der Waals surface area contributed by atoms with Crippen LogP contribution in [0.2, 0.25) is 0 Å². The van der Waals surface area contributed by atoms with Crippen LogP contribution in [0.1, 0.15) is 19.0 Å². The van der Waals surface area contributed by atoms with Gasteiger partial charge in [-0.15, -0.1) is 0 Å². The Bertz CT molecular complexity index is 406. The Balaban J connectivity index is 2.44. The van der Waals surface area contributed by atoms with Crippen LogP contribution in [0, 0.1) is 0 Å². The molecule has 0 aliphatic rings. The smallest absolute Gasteiger partial charge is 0.307 e. The molecule has 104 valence electrons. The van der Waals surface area contributed by atoms with Gasteiger partial charge in [-0.3, -0.25) is 9.78 Å². The van der Waals surface area contributed by atoms with Gasteiger partial charge in [-0.05, 0) is 19.1 Å². The van der Waals surface area contributed by atoms with Gasteiger partial charge in [0.1, 0.15) is 0 Å². The van der Waals surface area contributed by atoms with E-state index in [1.54, 1.807) is 6.20 Å². The van der Waals surface area contributed by atoms with E-state index in [2.05, 4.69) is 25.3 Å². The van der Waals surface area contributed by atoms with Gasteiger partial charge in [-0.2, -0.15) is 0 Å². The molecule has 6 nitrogen and oxygen atoms in total. The van der Waals surface area contributed by atoms with Gasteiger partial charge < -0.3 is 15.4 Å². The number of nitrogens with one attached hydrogen (secondary N) is 2. The number of rotatable bonds is 6. The molecule has 1 aromatic heterocycles. The number of ether oxygens (including phenoxy) is 1. The maximum absolute atomic E-state index is 11.0. The first kappa shape index (κ1) is 14.9. The largest absolute Gasteiger partial charge is 0.469 e. The summed E-state index contributed by atoms with van der Waals surface area (Å²) in [6.45, 7) is 3.72. The van der Waals surface area contributed by atoms with Crippen molar-refractivity contribution in [2.75, 3.05) is 20.2 Å². The van der Waals surface area contributed by atoms with Gasteiger partial charge in [0, 0.05) is 19.3 Å². The van der Waals surface area contributed by atoms with Crippen LogP contribution >= 0.6 is 0 Å². The minimum Gasteiger partial charge on any atom is -0.469 e.